The van der Waals surface area contributed by atoms with Gasteiger partial charge in [-0.05, 0) is 98.0 Å². The maximum atomic E-state index is 15.3. The minimum Gasteiger partial charge on any atom is -0.508 e. The molecule has 11 heteroatoms. The fourth-order valence-corrected chi connectivity index (χ4v) is 9.68. The zero-order valence-electron chi connectivity index (χ0n) is 32.3. The summed E-state index contributed by atoms with van der Waals surface area (Å²) in [6.07, 6.45) is 2.41. The summed E-state index contributed by atoms with van der Waals surface area (Å²) in [7, 11) is 3.93. The number of azo groups is 1. The van der Waals surface area contributed by atoms with Crippen LogP contribution in [0.2, 0.25) is 0 Å². The number of carbonyl (C=O) groups is 4. The molecular weight excluding hydrogens is 729 g/mol. The van der Waals surface area contributed by atoms with Crippen molar-refractivity contribution < 1.29 is 24.3 Å². The first kappa shape index (κ1) is 36.7. The SMILES string of the molecule is Cc1ccc(NN2C(=O)[C@@H]3C[C@@H]4C(=CC[C@@H]5C(=O)N(c6ccc(N=Nc7ccc(N(C)C)cc7)cc6)C(=O)[C@@H]54)[C@H](c4ccccc4O)[C@]3(c3ccccc3)C2=O)cc1. The number of nitrogens with zero attached hydrogens (tertiary/aromatic N) is 5. The number of hydrogen-bond acceptors (Lipinski definition) is 9. The van der Waals surface area contributed by atoms with Crippen LogP contribution in [0, 0.1) is 30.6 Å². The fraction of sp³-hybridized carbons (Fsp3) is 0.234. The average Bonchev–Trinajstić information content (AvgIpc) is 3.62. The number of carbonyl (C=O) groups excluding carboxylic acids is 4. The zero-order chi connectivity index (χ0) is 40.3. The number of aromatic hydroxyl groups is 1. The van der Waals surface area contributed by atoms with Gasteiger partial charge in [-0.2, -0.15) is 15.2 Å². The molecule has 0 aromatic heterocycles. The van der Waals surface area contributed by atoms with Crippen molar-refractivity contribution in [3.63, 3.8) is 0 Å². The zero-order valence-corrected chi connectivity index (χ0v) is 32.3. The van der Waals surface area contributed by atoms with E-state index in [-0.39, 0.29) is 30.4 Å². The van der Waals surface area contributed by atoms with Crippen LogP contribution in [0.15, 0.2) is 149 Å². The lowest BCUT2D eigenvalue weighted by Gasteiger charge is -2.50. The molecular formula is C47H42N6O5. The van der Waals surface area contributed by atoms with Gasteiger partial charge in [0.1, 0.15) is 5.75 Å². The van der Waals surface area contributed by atoms with Crippen molar-refractivity contribution in [3.05, 3.63) is 156 Å². The Morgan fingerprint density at radius 2 is 1.36 bits per heavy atom. The van der Waals surface area contributed by atoms with E-state index in [4.69, 9.17) is 0 Å². The fourth-order valence-electron chi connectivity index (χ4n) is 9.68. The second-order valence-corrected chi connectivity index (χ2v) is 15.8. The smallest absolute Gasteiger partial charge is 0.260 e. The number of amides is 4. The third kappa shape index (κ3) is 5.79. The molecule has 290 valence electrons. The molecule has 9 rings (SSSR count). The van der Waals surface area contributed by atoms with Gasteiger partial charge in [0, 0.05) is 31.3 Å². The molecule has 0 unspecified atom stereocenters. The first-order valence-electron chi connectivity index (χ1n) is 19.5. The monoisotopic (exact) mass is 770 g/mol. The molecule has 0 spiro atoms. The highest BCUT2D eigenvalue weighted by Crippen LogP contribution is 2.65. The number of anilines is 3. The largest absolute Gasteiger partial charge is 0.508 e. The van der Waals surface area contributed by atoms with E-state index in [0.29, 0.717) is 33.9 Å². The van der Waals surface area contributed by atoms with Crippen LogP contribution in [-0.2, 0) is 24.6 Å². The van der Waals surface area contributed by atoms with Gasteiger partial charge in [-0.3, -0.25) is 29.5 Å². The topological polar surface area (TPSA) is 135 Å². The Bertz CT molecular complexity index is 2500. The lowest BCUT2D eigenvalue weighted by atomic mass is 9.49. The highest BCUT2D eigenvalue weighted by atomic mass is 16.3. The molecule has 1 saturated carbocycles. The molecule has 2 heterocycles. The number of hydrazine groups is 1. The number of phenolic OH excluding ortho intramolecular Hbond substituents is 1. The third-order valence-corrected chi connectivity index (χ3v) is 12.4. The van der Waals surface area contributed by atoms with Crippen LogP contribution in [0.5, 0.6) is 5.75 Å². The molecule has 2 aliphatic heterocycles. The predicted octanol–water partition coefficient (Wildman–Crippen LogP) is 8.37. The van der Waals surface area contributed by atoms with Gasteiger partial charge >= 0.3 is 0 Å². The molecule has 0 radical (unpaired) electrons. The summed E-state index contributed by atoms with van der Waals surface area (Å²) in [5, 5.41) is 21.4. The standard InChI is InChI=1S/C47H42N6O5/c1-28-13-15-32(16-14-28)50-53-44(56)39-27-38-35(42(36-11-7-8-12-40(36)54)47(39,46(53)58)29-9-5-4-6-10-29)25-26-37-41(38)45(57)52(43(37)55)34-23-19-31(20-24-34)49-48-30-17-21-33(22-18-30)51(2)3/h4-25,37-39,41-42,50,54H,26-27H2,1-3H3/t37-,38+,39-,41-,42+,47+/m0/s1. The van der Waals surface area contributed by atoms with Gasteiger partial charge in [-0.1, -0.05) is 77.9 Å². The van der Waals surface area contributed by atoms with Gasteiger partial charge in [0.2, 0.25) is 11.8 Å². The Morgan fingerprint density at radius 1 is 0.724 bits per heavy atom. The van der Waals surface area contributed by atoms with Crippen LogP contribution >= 0.6 is 0 Å². The van der Waals surface area contributed by atoms with E-state index >= 15 is 4.79 Å². The van der Waals surface area contributed by atoms with Crippen LogP contribution in [-0.4, -0.2) is 47.8 Å². The highest BCUT2D eigenvalue weighted by Gasteiger charge is 2.70. The molecule has 6 atom stereocenters. The molecule has 2 N–H and O–H groups in total. The minimum atomic E-state index is -1.46. The normalized spacial score (nSPS) is 25.1. The second kappa shape index (κ2) is 14.3. The van der Waals surface area contributed by atoms with Crippen molar-refractivity contribution in [2.24, 2.45) is 33.9 Å². The average molecular weight is 771 g/mol. The highest BCUT2D eigenvalue weighted by molar-refractivity contribution is 6.22. The van der Waals surface area contributed by atoms with Crippen LogP contribution in [0.4, 0.5) is 28.4 Å². The Morgan fingerprint density at radius 3 is 2.02 bits per heavy atom. The molecule has 5 aromatic rings. The number of imide groups is 2. The van der Waals surface area contributed by atoms with E-state index in [9.17, 15) is 19.5 Å². The minimum absolute atomic E-state index is 0.0197. The maximum absolute atomic E-state index is 15.3. The Hall–Kier alpha value is -6.88. The van der Waals surface area contributed by atoms with Gasteiger partial charge < -0.3 is 10.0 Å². The number of fused-ring (bicyclic) bond motifs is 4. The predicted molar refractivity (Wildman–Crippen MR) is 221 cm³/mol. The number of rotatable bonds is 8. The Labute approximate surface area is 336 Å². The van der Waals surface area contributed by atoms with E-state index in [2.05, 4.69) is 15.7 Å². The van der Waals surface area contributed by atoms with Crippen molar-refractivity contribution in [1.29, 1.82) is 0 Å². The maximum Gasteiger partial charge on any atom is 0.260 e. The third-order valence-electron chi connectivity index (χ3n) is 12.4. The van der Waals surface area contributed by atoms with E-state index in [1.807, 2.05) is 111 Å². The lowest BCUT2D eigenvalue weighted by molar-refractivity contribution is -0.138. The number of aryl methyl sites for hydroxylation is 1. The van der Waals surface area contributed by atoms with Gasteiger partial charge in [0.25, 0.3) is 11.8 Å². The summed E-state index contributed by atoms with van der Waals surface area (Å²) in [4.78, 5) is 62.4. The van der Waals surface area contributed by atoms with Crippen molar-refractivity contribution in [3.8, 4) is 5.75 Å². The number of nitrogens with one attached hydrogen (secondary N) is 1. The summed E-state index contributed by atoms with van der Waals surface area (Å²) >= 11 is 0. The molecule has 2 aliphatic carbocycles. The van der Waals surface area contributed by atoms with E-state index in [1.165, 1.54) is 4.90 Å². The van der Waals surface area contributed by atoms with Crippen LogP contribution in [0.25, 0.3) is 0 Å². The lowest BCUT2D eigenvalue weighted by Crippen LogP contribution is -2.53. The summed E-state index contributed by atoms with van der Waals surface area (Å²) in [5.41, 5.74) is 7.86. The first-order chi connectivity index (χ1) is 28.1. The number of hydrogen-bond donors (Lipinski definition) is 2. The quantitative estimate of drug-likeness (QED) is 0.0920. The number of para-hydroxylation sites is 1. The first-order valence-corrected chi connectivity index (χ1v) is 19.5. The second-order valence-electron chi connectivity index (χ2n) is 15.8. The summed E-state index contributed by atoms with van der Waals surface area (Å²) in [5.74, 6) is -5.29. The van der Waals surface area contributed by atoms with E-state index in [1.54, 1.807) is 48.5 Å². The number of allylic oxidation sites excluding steroid dienone is 2. The van der Waals surface area contributed by atoms with Gasteiger partial charge in [0.05, 0.1) is 45.9 Å². The Balaban J connectivity index is 1.09. The molecule has 2 saturated heterocycles. The molecule has 4 amide bonds. The van der Waals surface area contributed by atoms with E-state index in [0.717, 1.165) is 21.8 Å². The molecule has 4 aliphatic rings. The number of benzene rings is 5. The van der Waals surface area contributed by atoms with Crippen molar-refractivity contribution >= 4 is 52.1 Å². The number of phenols is 1. The summed E-state index contributed by atoms with van der Waals surface area (Å²) in [6.45, 7) is 1.96. The Kier molecular flexibility index (Phi) is 9.03. The molecule has 5 aromatic carbocycles. The summed E-state index contributed by atoms with van der Waals surface area (Å²) in [6, 6.07) is 38.1. The molecule has 58 heavy (non-hydrogen) atoms. The van der Waals surface area contributed by atoms with Gasteiger partial charge in [-0.25, -0.2) is 0 Å². The van der Waals surface area contributed by atoms with Crippen molar-refractivity contribution in [2.75, 3.05) is 29.3 Å². The van der Waals surface area contributed by atoms with Crippen LogP contribution < -0.4 is 15.2 Å². The van der Waals surface area contributed by atoms with E-state index < -0.39 is 46.8 Å². The molecule has 3 fully saturated rings. The molecule has 11 nitrogen and oxygen atoms in total. The van der Waals surface area contributed by atoms with Crippen LogP contribution in [0.3, 0.4) is 0 Å². The van der Waals surface area contributed by atoms with Crippen LogP contribution in [0.1, 0.15) is 35.4 Å². The van der Waals surface area contributed by atoms with Crippen molar-refractivity contribution in [1.82, 2.24) is 5.01 Å². The molecule has 0 bridgehead atoms. The summed E-state index contributed by atoms with van der Waals surface area (Å²) < 4.78 is 0. The van der Waals surface area contributed by atoms with Gasteiger partial charge in [-0.15, -0.1) is 0 Å². The van der Waals surface area contributed by atoms with Crippen molar-refractivity contribution in [2.45, 2.75) is 31.1 Å². The van der Waals surface area contributed by atoms with Gasteiger partial charge in [0.15, 0.2) is 0 Å².